The van der Waals surface area contributed by atoms with Crippen molar-refractivity contribution in [3.63, 3.8) is 0 Å². The molecule has 1 aliphatic rings. The summed E-state index contributed by atoms with van der Waals surface area (Å²) in [5, 5.41) is 3.14. The van der Waals surface area contributed by atoms with Crippen LogP contribution in [0.3, 0.4) is 0 Å². The van der Waals surface area contributed by atoms with Crippen LogP contribution < -0.4 is 4.90 Å². The van der Waals surface area contributed by atoms with Crippen molar-refractivity contribution in [1.29, 1.82) is 0 Å². The molecular weight excluding hydrogens is 350 g/mol. The van der Waals surface area contributed by atoms with Gasteiger partial charge in [-0.3, -0.25) is 4.79 Å². The maximum absolute atomic E-state index is 13.1. The monoisotopic (exact) mass is 371 g/mol. The van der Waals surface area contributed by atoms with E-state index in [0.29, 0.717) is 13.1 Å². The van der Waals surface area contributed by atoms with E-state index in [9.17, 15) is 4.79 Å². The first-order valence-electron chi connectivity index (χ1n) is 9.53. The number of H-pyrrole nitrogens is 1. The maximum Gasteiger partial charge on any atom is 0.254 e. The van der Waals surface area contributed by atoms with E-state index in [0.717, 1.165) is 52.0 Å². The molecule has 1 amide bonds. The number of aromatic nitrogens is 3. The van der Waals surface area contributed by atoms with Crippen molar-refractivity contribution < 1.29 is 4.79 Å². The van der Waals surface area contributed by atoms with Gasteiger partial charge in [-0.25, -0.2) is 9.97 Å². The van der Waals surface area contributed by atoms with Crippen LogP contribution in [0.4, 0.5) is 5.82 Å². The van der Waals surface area contributed by atoms with Crippen molar-refractivity contribution >= 4 is 33.5 Å². The highest BCUT2D eigenvalue weighted by atomic mass is 16.2. The Labute approximate surface area is 162 Å². The summed E-state index contributed by atoms with van der Waals surface area (Å²) in [5.74, 6) is 1.04. The standard InChI is InChI=1S/C22H21N5O/c1-15-13-19-20(25-15)23-14-24-21(19)26-9-11-27(12-10-26)22(28)18-8-4-6-16-5-2-3-7-17(16)18/h2-8,13-14H,9-12H2,1H3,(H,23,24,25). The van der Waals surface area contributed by atoms with Gasteiger partial charge in [0, 0.05) is 37.4 Å². The number of aromatic amines is 1. The molecule has 0 atom stereocenters. The number of carbonyl (C=O) groups excluding carboxylic acids is 1. The zero-order valence-electron chi connectivity index (χ0n) is 15.7. The first-order chi connectivity index (χ1) is 13.7. The summed E-state index contributed by atoms with van der Waals surface area (Å²) < 4.78 is 0. The van der Waals surface area contributed by atoms with Crippen LogP contribution in [-0.4, -0.2) is 51.9 Å². The highest BCUT2D eigenvalue weighted by molar-refractivity contribution is 6.07. The second-order valence-corrected chi connectivity index (χ2v) is 7.22. The van der Waals surface area contributed by atoms with Crippen LogP contribution in [0.25, 0.3) is 21.8 Å². The lowest BCUT2D eigenvalue weighted by molar-refractivity contribution is 0.0748. The Bertz CT molecular complexity index is 1170. The minimum atomic E-state index is 0.0989. The number of anilines is 1. The predicted molar refractivity (Wildman–Crippen MR) is 111 cm³/mol. The highest BCUT2D eigenvalue weighted by Gasteiger charge is 2.25. The molecule has 1 aliphatic heterocycles. The van der Waals surface area contributed by atoms with Crippen LogP contribution >= 0.6 is 0 Å². The SMILES string of the molecule is Cc1cc2c(N3CCN(C(=O)c4cccc5ccccc45)CC3)ncnc2[nH]1. The van der Waals surface area contributed by atoms with Crippen LogP contribution in [0, 0.1) is 6.92 Å². The molecule has 0 bridgehead atoms. The molecule has 1 N–H and O–H groups in total. The number of fused-ring (bicyclic) bond motifs is 2. The fourth-order valence-corrected chi connectivity index (χ4v) is 4.01. The Morgan fingerprint density at radius 3 is 2.61 bits per heavy atom. The smallest absolute Gasteiger partial charge is 0.254 e. The normalized spacial score (nSPS) is 14.8. The molecule has 2 aromatic carbocycles. The molecule has 140 valence electrons. The fourth-order valence-electron chi connectivity index (χ4n) is 4.01. The Morgan fingerprint density at radius 2 is 1.75 bits per heavy atom. The molecule has 5 rings (SSSR count). The Balaban J connectivity index is 1.37. The fraction of sp³-hybridized carbons (Fsp3) is 0.227. The van der Waals surface area contributed by atoms with E-state index in [-0.39, 0.29) is 5.91 Å². The molecule has 0 saturated carbocycles. The van der Waals surface area contributed by atoms with Crippen LogP contribution in [0.5, 0.6) is 0 Å². The predicted octanol–water partition coefficient (Wildman–Crippen LogP) is 3.38. The summed E-state index contributed by atoms with van der Waals surface area (Å²) in [4.78, 5) is 29.4. The van der Waals surface area contributed by atoms with E-state index in [4.69, 9.17) is 0 Å². The molecule has 0 radical (unpaired) electrons. The van der Waals surface area contributed by atoms with Gasteiger partial charge >= 0.3 is 0 Å². The lowest BCUT2D eigenvalue weighted by Crippen LogP contribution is -2.49. The molecule has 4 aromatic rings. The number of nitrogens with zero attached hydrogens (tertiary/aromatic N) is 4. The van der Waals surface area contributed by atoms with Gasteiger partial charge in [-0.05, 0) is 29.8 Å². The van der Waals surface area contributed by atoms with Gasteiger partial charge in [0.2, 0.25) is 0 Å². The van der Waals surface area contributed by atoms with Gasteiger partial charge < -0.3 is 14.8 Å². The lowest BCUT2D eigenvalue weighted by Gasteiger charge is -2.35. The molecule has 1 fully saturated rings. The number of hydrogen-bond donors (Lipinski definition) is 1. The number of aryl methyl sites for hydroxylation is 1. The van der Waals surface area contributed by atoms with E-state index in [1.165, 1.54) is 0 Å². The van der Waals surface area contributed by atoms with Crippen molar-refractivity contribution in [3.8, 4) is 0 Å². The zero-order valence-corrected chi connectivity index (χ0v) is 15.7. The van der Waals surface area contributed by atoms with E-state index in [1.54, 1.807) is 6.33 Å². The van der Waals surface area contributed by atoms with Gasteiger partial charge in [-0.1, -0.05) is 36.4 Å². The molecule has 6 heteroatoms. The summed E-state index contributed by atoms with van der Waals surface area (Å²) in [6, 6.07) is 16.1. The molecule has 0 aliphatic carbocycles. The number of piperazine rings is 1. The van der Waals surface area contributed by atoms with Crippen molar-refractivity contribution in [2.24, 2.45) is 0 Å². The number of amides is 1. The largest absolute Gasteiger partial charge is 0.352 e. The third-order valence-electron chi connectivity index (χ3n) is 5.43. The summed E-state index contributed by atoms with van der Waals surface area (Å²) >= 11 is 0. The Hall–Kier alpha value is -3.41. The minimum Gasteiger partial charge on any atom is -0.352 e. The molecule has 6 nitrogen and oxygen atoms in total. The van der Waals surface area contributed by atoms with Gasteiger partial charge in [-0.2, -0.15) is 0 Å². The van der Waals surface area contributed by atoms with Crippen molar-refractivity contribution in [3.05, 3.63) is 66.1 Å². The Morgan fingerprint density at radius 1 is 0.964 bits per heavy atom. The van der Waals surface area contributed by atoms with Crippen LogP contribution in [0.1, 0.15) is 16.1 Å². The average molecular weight is 371 g/mol. The van der Waals surface area contributed by atoms with E-state index >= 15 is 0 Å². The topological polar surface area (TPSA) is 65.1 Å². The molecule has 2 aromatic heterocycles. The van der Waals surface area contributed by atoms with Crippen LogP contribution in [0.15, 0.2) is 54.9 Å². The minimum absolute atomic E-state index is 0.0989. The summed E-state index contributed by atoms with van der Waals surface area (Å²) in [7, 11) is 0. The highest BCUT2D eigenvalue weighted by Crippen LogP contribution is 2.25. The van der Waals surface area contributed by atoms with Crippen molar-refractivity contribution in [2.75, 3.05) is 31.1 Å². The third-order valence-corrected chi connectivity index (χ3v) is 5.43. The first-order valence-corrected chi connectivity index (χ1v) is 9.53. The average Bonchev–Trinajstić information content (AvgIpc) is 3.13. The lowest BCUT2D eigenvalue weighted by atomic mass is 10.0. The first kappa shape index (κ1) is 16.7. The molecule has 28 heavy (non-hydrogen) atoms. The van der Waals surface area contributed by atoms with Crippen molar-refractivity contribution in [1.82, 2.24) is 19.9 Å². The number of rotatable bonds is 2. The number of benzene rings is 2. The van der Waals surface area contributed by atoms with E-state index in [1.807, 2.05) is 54.3 Å². The summed E-state index contributed by atoms with van der Waals surface area (Å²) in [5.41, 5.74) is 2.70. The summed E-state index contributed by atoms with van der Waals surface area (Å²) in [6.07, 6.45) is 1.60. The van der Waals surface area contributed by atoms with E-state index < -0.39 is 0 Å². The maximum atomic E-state index is 13.1. The number of hydrogen-bond acceptors (Lipinski definition) is 4. The van der Waals surface area contributed by atoms with Crippen LogP contribution in [0.2, 0.25) is 0 Å². The van der Waals surface area contributed by atoms with Gasteiger partial charge in [0.25, 0.3) is 5.91 Å². The van der Waals surface area contributed by atoms with Gasteiger partial charge in [0.1, 0.15) is 17.8 Å². The molecule has 0 spiro atoms. The summed E-state index contributed by atoms with van der Waals surface area (Å²) in [6.45, 7) is 4.89. The Kier molecular flexibility index (Phi) is 3.97. The van der Waals surface area contributed by atoms with Gasteiger partial charge in [-0.15, -0.1) is 0 Å². The van der Waals surface area contributed by atoms with Gasteiger partial charge in [0.15, 0.2) is 0 Å². The second kappa shape index (κ2) is 6.64. The van der Waals surface area contributed by atoms with Crippen LogP contribution in [-0.2, 0) is 0 Å². The molecular formula is C22H21N5O. The van der Waals surface area contributed by atoms with E-state index in [2.05, 4.69) is 25.9 Å². The van der Waals surface area contributed by atoms with Gasteiger partial charge in [0.05, 0.1) is 5.39 Å². The van der Waals surface area contributed by atoms with Crippen molar-refractivity contribution in [2.45, 2.75) is 6.92 Å². The zero-order chi connectivity index (χ0) is 19.1. The number of carbonyl (C=O) groups is 1. The molecule has 0 unspecified atom stereocenters. The molecule has 3 heterocycles. The second-order valence-electron chi connectivity index (χ2n) is 7.22. The number of nitrogens with one attached hydrogen (secondary N) is 1. The molecule has 1 saturated heterocycles. The third kappa shape index (κ3) is 2.78. The quantitative estimate of drug-likeness (QED) is 0.587.